The van der Waals surface area contributed by atoms with Gasteiger partial charge in [0.2, 0.25) is 0 Å². The molecule has 6 aliphatic rings. The van der Waals surface area contributed by atoms with Crippen molar-refractivity contribution in [3.05, 3.63) is 161 Å². The molecule has 388 valence electrons. The number of ether oxygens (including phenoxy) is 2. The zero-order valence-electron chi connectivity index (χ0n) is 42.5. The van der Waals surface area contributed by atoms with E-state index in [-0.39, 0.29) is 35.9 Å². The molecule has 4 aromatic rings. The first-order chi connectivity index (χ1) is 34.9. The Balaban J connectivity index is 0.000000172. The van der Waals surface area contributed by atoms with Gasteiger partial charge in [0.25, 0.3) is 5.91 Å². The molecule has 6 atom stereocenters. The number of carboxylic acid groups (broad SMARTS) is 1. The zero-order chi connectivity index (χ0) is 52.4. The molecule has 1 amide bonds. The third-order valence-electron chi connectivity index (χ3n) is 14.3. The average Bonchev–Trinajstić information content (AvgIpc) is 4.23. The van der Waals surface area contributed by atoms with Crippen molar-refractivity contribution in [2.45, 2.75) is 102 Å². The quantitative estimate of drug-likeness (QED) is 0.142. The first-order valence-electron chi connectivity index (χ1n) is 24.8. The number of amidine groups is 2. The number of rotatable bonds is 12. The molecule has 0 aromatic heterocycles. The summed E-state index contributed by atoms with van der Waals surface area (Å²) in [5, 5.41) is 17.4. The molecule has 4 unspecified atom stereocenters. The van der Waals surface area contributed by atoms with E-state index in [1.54, 1.807) is 14.2 Å². The summed E-state index contributed by atoms with van der Waals surface area (Å²) in [5.74, 6) is -0.666. The Labute approximate surface area is 458 Å². The number of carboxylic acids is 1. The minimum absolute atomic E-state index is 0.0312. The van der Waals surface area contributed by atoms with E-state index in [2.05, 4.69) is 54.9 Å². The molecule has 10 rings (SSSR count). The SMILES string of the molecule is CC(C)C1=C(C(=O)O)SC2=NC(C)(c3ccc(Cl)cc3)C(c3ccc(Cl)cc3)N21.COC[C@@H]1CCCN1.COC[C@@H]1CCCN1C(=O)C1=C(C(C)C)N2C(=NC(C)(c3ccc(Cl)cc3)C2c2ccc(Cl)cc2)S1. The van der Waals surface area contributed by atoms with E-state index in [1.165, 1.54) is 42.9 Å². The molecule has 11 nitrogen and oxygen atoms in total. The lowest BCUT2D eigenvalue weighted by molar-refractivity contribution is -0.132. The lowest BCUT2D eigenvalue weighted by Crippen LogP contribution is -2.39. The van der Waals surface area contributed by atoms with Crippen molar-refractivity contribution in [2.24, 2.45) is 21.8 Å². The van der Waals surface area contributed by atoms with Gasteiger partial charge in [-0.3, -0.25) is 4.79 Å². The summed E-state index contributed by atoms with van der Waals surface area (Å²) in [5.41, 5.74) is 4.86. The standard InChI is InChI=1S/C28H31Cl2N3O2S.C22H20Cl2N2O2S.C6H13NO/c1-17(2)23-24(26(34)32-15-5-6-22(32)16-35-4)36-27-31-28(3,19-9-13-21(30)14-10-19)25(33(23)27)18-7-11-20(29)12-8-18;1-12(2)17-18(20(27)28)29-21-25-22(3,14-6-10-16(24)11-7-14)19(26(17)21)13-4-8-15(23)9-5-13;1-8-5-6-3-2-4-7-6/h7-14,17,22,25H,5-6,15-16H2,1-4H3;4-12,19H,1-3H3,(H,27,28);6-7H,2-5H2,1H3/t22-,25?,28?;;6-/m0.0/s1. The predicted octanol–water partition coefficient (Wildman–Crippen LogP) is 13.6. The Hall–Kier alpha value is -4.02. The highest BCUT2D eigenvalue weighted by molar-refractivity contribution is 8.18. The third kappa shape index (κ3) is 11.4. The molecule has 0 spiro atoms. The first-order valence-corrected chi connectivity index (χ1v) is 27.9. The van der Waals surface area contributed by atoms with E-state index in [4.69, 9.17) is 65.9 Å². The Morgan fingerprint density at radius 3 is 1.48 bits per heavy atom. The summed E-state index contributed by atoms with van der Waals surface area (Å²) < 4.78 is 10.4. The Bertz CT molecular complexity index is 2770. The molecule has 0 bridgehead atoms. The van der Waals surface area contributed by atoms with Gasteiger partial charge in [-0.05, 0) is 152 Å². The normalized spacial score (nSPS) is 25.2. The molecule has 0 aliphatic carbocycles. The number of hydrogen-bond donors (Lipinski definition) is 2. The number of aliphatic carboxylic acids is 1. The number of fused-ring (bicyclic) bond motifs is 2. The monoisotopic (exact) mass is 1100 g/mol. The van der Waals surface area contributed by atoms with Crippen molar-refractivity contribution in [2.75, 3.05) is 40.5 Å². The predicted molar refractivity (Wildman–Crippen MR) is 301 cm³/mol. The second-order valence-corrected chi connectivity index (χ2v) is 23.7. The van der Waals surface area contributed by atoms with Crippen LogP contribution in [0.25, 0.3) is 0 Å². The molecule has 4 aromatic carbocycles. The third-order valence-corrected chi connectivity index (χ3v) is 17.4. The molecule has 0 radical (unpaired) electrons. The van der Waals surface area contributed by atoms with Crippen LogP contribution >= 0.6 is 69.9 Å². The molecule has 73 heavy (non-hydrogen) atoms. The zero-order valence-corrected chi connectivity index (χ0v) is 47.2. The number of hydrogen-bond acceptors (Lipinski definition) is 11. The van der Waals surface area contributed by atoms with Crippen LogP contribution < -0.4 is 5.32 Å². The van der Waals surface area contributed by atoms with Crippen molar-refractivity contribution >= 4 is 92.1 Å². The van der Waals surface area contributed by atoms with Crippen LogP contribution in [0.3, 0.4) is 0 Å². The number of benzene rings is 4. The second kappa shape index (κ2) is 23.5. The number of methoxy groups -OCH3 is 2. The van der Waals surface area contributed by atoms with Crippen LogP contribution in [0.2, 0.25) is 20.1 Å². The molecular weight excluding hydrogens is 1040 g/mol. The van der Waals surface area contributed by atoms with Crippen molar-refractivity contribution in [1.82, 2.24) is 20.0 Å². The van der Waals surface area contributed by atoms with Gasteiger partial charge in [-0.15, -0.1) is 0 Å². The number of carbonyl (C=O) groups is 2. The van der Waals surface area contributed by atoms with Crippen LogP contribution in [0, 0.1) is 11.8 Å². The van der Waals surface area contributed by atoms with E-state index in [1.807, 2.05) is 104 Å². The van der Waals surface area contributed by atoms with Crippen molar-refractivity contribution < 1.29 is 24.2 Å². The summed E-state index contributed by atoms with van der Waals surface area (Å²) >= 11 is 27.5. The summed E-state index contributed by atoms with van der Waals surface area (Å²) in [6.07, 6.45) is 4.57. The lowest BCUT2D eigenvalue weighted by Gasteiger charge is -2.37. The topological polar surface area (TPSA) is 119 Å². The maximum Gasteiger partial charge on any atom is 0.344 e. The van der Waals surface area contributed by atoms with Gasteiger partial charge in [0, 0.05) is 58.3 Å². The molecule has 2 N–H and O–H groups in total. The number of nitrogens with one attached hydrogen (secondary N) is 1. The van der Waals surface area contributed by atoms with E-state index < -0.39 is 17.0 Å². The van der Waals surface area contributed by atoms with Crippen LogP contribution in [-0.4, -0.2) is 94.6 Å². The number of nitrogens with zero attached hydrogens (tertiary/aromatic N) is 5. The Kier molecular flexibility index (Phi) is 17.8. The Morgan fingerprint density at radius 1 is 0.658 bits per heavy atom. The molecule has 2 saturated heterocycles. The van der Waals surface area contributed by atoms with Crippen LogP contribution in [0.15, 0.2) is 128 Å². The van der Waals surface area contributed by atoms with Gasteiger partial charge < -0.3 is 34.6 Å². The summed E-state index contributed by atoms with van der Waals surface area (Å²) in [4.78, 5) is 43.7. The number of thioether (sulfide) groups is 2. The van der Waals surface area contributed by atoms with E-state index in [0.29, 0.717) is 42.8 Å². The fourth-order valence-electron chi connectivity index (χ4n) is 10.8. The van der Waals surface area contributed by atoms with E-state index >= 15 is 0 Å². The number of aliphatic imine (C=N–C) groups is 2. The van der Waals surface area contributed by atoms with Gasteiger partial charge in [0.1, 0.15) is 20.9 Å². The van der Waals surface area contributed by atoms with Crippen LogP contribution in [-0.2, 0) is 30.1 Å². The van der Waals surface area contributed by atoms with Gasteiger partial charge in [0.15, 0.2) is 10.3 Å². The van der Waals surface area contributed by atoms with E-state index in [0.717, 1.165) is 69.7 Å². The van der Waals surface area contributed by atoms with Crippen molar-refractivity contribution in [3.63, 3.8) is 0 Å². The van der Waals surface area contributed by atoms with Crippen LogP contribution in [0.4, 0.5) is 0 Å². The minimum atomic E-state index is -0.918. The highest BCUT2D eigenvalue weighted by atomic mass is 35.5. The number of amides is 1. The smallest absolute Gasteiger partial charge is 0.344 e. The molecule has 6 heterocycles. The van der Waals surface area contributed by atoms with Crippen molar-refractivity contribution in [3.8, 4) is 0 Å². The van der Waals surface area contributed by atoms with E-state index in [9.17, 15) is 14.7 Å². The van der Waals surface area contributed by atoms with Crippen molar-refractivity contribution in [1.29, 1.82) is 0 Å². The van der Waals surface area contributed by atoms with Gasteiger partial charge in [-0.2, -0.15) is 0 Å². The number of allylic oxidation sites excluding steroid dienone is 2. The molecule has 0 saturated carbocycles. The summed E-state index contributed by atoms with van der Waals surface area (Å²) in [6.45, 7) is 15.9. The molecule has 2 fully saturated rings. The Morgan fingerprint density at radius 2 is 1.08 bits per heavy atom. The molecular formula is C56H64Cl4N6O5S2. The second-order valence-electron chi connectivity index (χ2n) is 20.0. The highest BCUT2D eigenvalue weighted by Crippen LogP contribution is 2.58. The minimum Gasteiger partial charge on any atom is -0.477 e. The summed E-state index contributed by atoms with van der Waals surface area (Å²) in [6, 6.07) is 31.7. The maximum absolute atomic E-state index is 13.9. The van der Waals surface area contributed by atoms with Gasteiger partial charge in [-0.1, -0.05) is 123 Å². The van der Waals surface area contributed by atoms with Gasteiger partial charge in [0.05, 0.1) is 31.3 Å². The fourth-order valence-corrected chi connectivity index (χ4v) is 13.9. The average molecular weight is 1110 g/mol. The molecule has 6 aliphatic heterocycles. The van der Waals surface area contributed by atoms with Gasteiger partial charge in [-0.25, -0.2) is 14.8 Å². The highest BCUT2D eigenvalue weighted by Gasteiger charge is 2.55. The first kappa shape index (κ1) is 55.2. The number of likely N-dealkylation sites (tertiary alicyclic amines) is 1. The maximum atomic E-state index is 13.9. The van der Waals surface area contributed by atoms with Crippen LogP contribution in [0.1, 0.15) is 102 Å². The van der Waals surface area contributed by atoms with Gasteiger partial charge >= 0.3 is 5.97 Å². The molecule has 17 heteroatoms. The fraction of sp³-hybridized carbons (Fsp3) is 0.429. The largest absolute Gasteiger partial charge is 0.477 e. The lowest BCUT2D eigenvalue weighted by atomic mass is 9.81. The van der Waals surface area contributed by atoms with Crippen LogP contribution in [0.5, 0.6) is 0 Å². The number of halogens is 4. The summed E-state index contributed by atoms with van der Waals surface area (Å²) in [7, 11) is 3.45. The number of carbonyl (C=O) groups excluding carboxylic acids is 1.